The lowest BCUT2D eigenvalue weighted by Gasteiger charge is -2.38. The summed E-state index contributed by atoms with van der Waals surface area (Å²) in [6.07, 6.45) is 6.85. The number of fused-ring (bicyclic) bond motifs is 5. The second-order valence-corrected chi connectivity index (χ2v) is 26.7. The fourth-order valence-corrected chi connectivity index (χ4v) is 12.0. The van der Waals surface area contributed by atoms with E-state index in [2.05, 4.69) is 209 Å². The van der Waals surface area contributed by atoms with Crippen LogP contribution in [-0.4, -0.2) is 50.5 Å². The van der Waals surface area contributed by atoms with E-state index in [0.717, 1.165) is 61.3 Å². The maximum Gasteiger partial charge on any atom is 0.410 e. The molecular formula is C66H65N3O5Si. The number of hydrogen-bond donors (Lipinski definition) is 2. The van der Waals surface area contributed by atoms with E-state index in [-0.39, 0.29) is 23.5 Å². The second-order valence-electron chi connectivity index (χ2n) is 21.9. The van der Waals surface area contributed by atoms with Crippen LogP contribution in [0, 0.1) is 6.92 Å². The van der Waals surface area contributed by atoms with E-state index in [1.165, 1.54) is 16.7 Å². The highest BCUT2D eigenvalue weighted by Gasteiger charge is 2.41. The van der Waals surface area contributed by atoms with Gasteiger partial charge in [-0.15, -0.1) is 0 Å². The number of amides is 2. The molecule has 8 nitrogen and oxygen atoms in total. The van der Waals surface area contributed by atoms with Crippen molar-refractivity contribution in [1.82, 2.24) is 10.2 Å². The lowest BCUT2D eigenvalue weighted by Crippen LogP contribution is -2.48. The van der Waals surface area contributed by atoms with Gasteiger partial charge in [-0.2, -0.15) is 0 Å². The van der Waals surface area contributed by atoms with Gasteiger partial charge < -0.3 is 24.5 Å². The van der Waals surface area contributed by atoms with E-state index >= 15 is 0 Å². The van der Waals surface area contributed by atoms with E-state index in [1.54, 1.807) is 4.90 Å². The van der Waals surface area contributed by atoms with Gasteiger partial charge in [0.1, 0.15) is 29.7 Å². The Hall–Kier alpha value is -7.72. The molecule has 7 aromatic rings. The van der Waals surface area contributed by atoms with Crippen molar-refractivity contribution in [2.75, 3.05) is 18.5 Å². The highest BCUT2D eigenvalue weighted by molar-refractivity contribution is 6.74. The van der Waals surface area contributed by atoms with Gasteiger partial charge in [-0.05, 0) is 106 Å². The van der Waals surface area contributed by atoms with Gasteiger partial charge >= 0.3 is 6.09 Å². The predicted molar refractivity (Wildman–Crippen MR) is 303 cm³/mol. The number of carbonyl (C=O) groups is 2. The summed E-state index contributed by atoms with van der Waals surface area (Å²) in [5.74, 6) is 1.01. The number of nitrogens with zero attached hydrogens (tertiary/aromatic N) is 1. The van der Waals surface area contributed by atoms with Gasteiger partial charge in [-0.3, -0.25) is 9.69 Å². The van der Waals surface area contributed by atoms with Crippen LogP contribution in [-0.2, 0) is 26.1 Å². The summed E-state index contributed by atoms with van der Waals surface area (Å²) in [6, 6.07) is 60.3. The van der Waals surface area contributed by atoms with Crippen LogP contribution in [0.5, 0.6) is 5.75 Å². The molecule has 0 radical (unpaired) electrons. The average molecular weight is 1010 g/mol. The van der Waals surface area contributed by atoms with Crippen molar-refractivity contribution in [1.29, 1.82) is 0 Å². The summed E-state index contributed by atoms with van der Waals surface area (Å²) < 4.78 is 20.0. The maximum absolute atomic E-state index is 14.4. The Morgan fingerprint density at radius 3 is 1.96 bits per heavy atom. The van der Waals surface area contributed by atoms with Crippen molar-refractivity contribution >= 4 is 31.6 Å². The first kappa shape index (κ1) is 49.5. The zero-order chi connectivity index (χ0) is 51.9. The number of anilines is 1. The third kappa shape index (κ3) is 9.44. The molecule has 2 amide bonds. The van der Waals surface area contributed by atoms with E-state index in [1.807, 2.05) is 36.4 Å². The number of benzene rings is 7. The molecule has 75 heavy (non-hydrogen) atoms. The first-order valence-electron chi connectivity index (χ1n) is 26.4. The Morgan fingerprint density at radius 2 is 1.31 bits per heavy atom. The molecule has 1 fully saturated rings. The third-order valence-electron chi connectivity index (χ3n) is 16.2. The summed E-state index contributed by atoms with van der Waals surface area (Å²) in [4.78, 5) is 29.9. The number of likely N-dealkylation sites (tertiary alicyclic amines) is 1. The summed E-state index contributed by atoms with van der Waals surface area (Å²) >= 11 is 0. The molecule has 378 valence electrons. The number of hydrogen-bond acceptors (Lipinski definition) is 6. The third-order valence-corrected chi connectivity index (χ3v) is 20.6. The van der Waals surface area contributed by atoms with Crippen LogP contribution in [0.3, 0.4) is 0 Å². The Morgan fingerprint density at radius 1 is 0.707 bits per heavy atom. The fourth-order valence-electron chi connectivity index (χ4n) is 11.1. The van der Waals surface area contributed by atoms with Crippen LogP contribution in [0.25, 0.3) is 16.7 Å². The molecule has 2 N–H and O–H groups in total. The summed E-state index contributed by atoms with van der Waals surface area (Å²) in [5.41, 5.74) is 14.2. The lowest BCUT2D eigenvalue weighted by atomic mass is 9.76. The summed E-state index contributed by atoms with van der Waals surface area (Å²) in [6.45, 7) is 14.6. The molecule has 1 unspecified atom stereocenters. The smallest absolute Gasteiger partial charge is 0.410 e. The number of allylic oxidation sites excluding steroid dienone is 1. The van der Waals surface area contributed by atoms with E-state index in [0.29, 0.717) is 37.5 Å². The lowest BCUT2D eigenvalue weighted by molar-refractivity contribution is -0.125. The molecule has 1 saturated heterocycles. The molecule has 9 heteroatoms. The monoisotopic (exact) mass is 1010 g/mol. The molecule has 0 spiro atoms. The van der Waals surface area contributed by atoms with Crippen molar-refractivity contribution in [3.63, 3.8) is 0 Å². The summed E-state index contributed by atoms with van der Waals surface area (Å²) in [5, 5.41) is 7.37. The molecule has 0 bridgehead atoms. The normalized spacial score (nSPS) is 17.0. The predicted octanol–water partition coefficient (Wildman–Crippen LogP) is 14.5. The molecule has 11 rings (SSSR count). The van der Waals surface area contributed by atoms with E-state index in [4.69, 9.17) is 13.9 Å². The molecule has 2 heterocycles. The molecule has 4 aliphatic rings. The number of nitrogens with one attached hydrogen (secondary N) is 2. The van der Waals surface area contributed by atoms with Crippen LogP contribution in [0.1, 0.15) is 89.6 Å². The second kappa shape index (κ2) is 20.2. The number of rotatable bonds is 13. The van der Waals surface area contributed by atoms with Gasteiger partial charge in [0.05, 0.1) is 12.6 Å². The SMILES string of the molecule is Cc1ccc(C(Nc2ccc3c(c2)OC2=CC(NC(=O)[C@@H]4CCCN4C(=O)OCC4c5ccccc5-c5ccccc54)C=CC2=C3c2ccccc2CO[Si](C)(C)C(C)(C)C)(c2ccccc2)c2ccccc2)cc1. The van der Waals surface area contributed by atoms with Crippen LogP contribution in [0.4, 0.5) is 10.5 Å². The topological polar surface area (TPSA) is 89.1 Å². The minimum absolute atomic E-state index is 0.0401. The quantitative estimate of drug-likeness (QED) is 0.0884. The van der Waals surface area contributed by atoms with E-state index in [9.17, 15) is 9.59 Å². The molecular weight excluding hydrogens is 943 g/mol. The molecule has 2 atom stereocenters. The number of carbonyl (C=O) groups excluding carboxylic acids is 2. The highest BCUT2D eigenvalue weighted by atomic mass is 28.4. The largest absolute Gasteiger partial charge is 0.456 e. The van der Waals surface area contributed by atoms with Gasteiger partial charge in [0.15, 0.2) is 8.32 Å². The van der Waals surface area contributed by atoms with Crippen molar-refractivity contribution in [3.05, 3.63) is 256 Å². The van der Waals surface area contributed by atoms with Crippen molar-refractivity contribution in [3.8, 4) is 16.9 Å². The van der Waals surface area contributed by atoms with Crippen molar-refractivity contribution < 1.29 is 23.5 Å². The van der Waals surface area contributed by atoms with Gasteiger partial charge in [0, 0.05) is 40.9 Å². The zero-order valence-electron chi connectivity index (χ0n) is 43.7. The van der Waals surface area contributed by atoms with Crippen LogP contribution in [0.15, 0.2) is 205 Å². The Bertz CT molecular complexity index is 3290. The minimum Gasteiger partial charge on any atom is -0.456 e. The molecule has 2 aliphatic heterocycles. The van der Waals surface area contributed by atoms with Crippen LogP contribution in [0.2, 0.25) is 18.1 Å². The van der Waals surface area contributed by atoms with Gasteiger partial charge in [0.2, 0.25) is 5.91 Å². The Balaban J connectivity index is 0.918. The first-order valence-corrected chi connectivity index (χ1v) is 29.3. The highest BCUT2D eigenvalue weighted by Crippen LogP contribution is 2.48. The molecule has 2 aliphatic carbocycles. The number of aryl methyl sites for hydroxylation is 1. The minimum atomic E-state index is -2.12. The van der Waals surface area contributed by atoms with Crippen LogP contribution >= 0.6 is 0 Å². The molecule has 0 saturated carbocycles. The van der Waals surface area contributed by atoms with E-state index < -0.39 is 32.0 Å². The van der Waals surface area contributed by atoms with Crippen LogP contribution < -0.4 is 15.4 Å². The van der Waals surface area contributed by atoms with Crippen molar-refractivity contribution in [2.45, 2.75) is 88.8 Å². The standard InChI is InChI=1S/C66H65N3O5Si/c1-44-31-33-48(34-32-44)66(46-21-9-7-10-22-46,47-23-11-8-12-24-47)68-50-36-38-57-61(41-50)74-60-40-49(35-37-56(60)62(57)51-25-14-13-20-45(51)42-73-75(5,6)65(2,3)4)67-63(70)59-30-19-39-69(59)64(71)72-43-58-54-28-17-15-26-52(54)53-27-16-18-29-55(53)58/h7-18,20-29,31-38,40-41,49,58-59,68H,19,30,39,42-43H2,1-6H3,(H,67,70)/t49?,59-/m0/s1. The van der Waals surface area contributed by atoms with Crippen molar-refractivity contribution in [2.24, 2.45) is 0 Å². The average Bonchev–Trinajstić information content (AvgIpc) is 4.05. The number of ether oxygens (including phenoxy) is 2. The zero-order valence-corrected chi connectivity index (χ0v) is 44.7. The molecule has 7 aromatic carbocycles. The summed E-state index contributed by atoms with van der Waals surface area (Å²) in [7, 11) is -2.12. The fraction of sp³-hybridized carbons (Fsp3) is 0.242. The van der Waals surface area contributed by atoms with Gasteiger partial charge in [-0.25, -0.2) is 4.79 Å². The Kier molecular flexibility index (Phi) is 13.3. The maximum atomic E-state index is 14.4. The van der Waals surface area contributed by atoms with Gasteiger partial charge in [-0.1, -0.05) is 196 Å². The first-order chi connectivity index (χ1) is 36.3. The Labute approximate surface area is 442 Å². The molecule has 0 aromatic heterocycles. The van der Waals surface area contributed by atoms with Gasteiger partial charge in [0.25, 0.3) is 0 Å².